The van der Waals surface area contributed by atoms with Crippen LogP contribution < -0.4 is 5.32 Å². The van der Waals surface area contributed by atoms with E-state index in [-0.39, 0.29) is 11.4 Å². The van der Waals surface area contributed by atoms with Crippen LogP contribution in [0, 0.1) is 11.6 Å². The van der Waals surface area contributed by atoms with Crippen molar-refractivity contribution in [1.29, 1.82) is 0 Å². The Hall–Kier alpha value is -2.31. The number of benzene rings is 1. The zero-order chi connectivity index (χ0) is 11.5. The van der Waals surface area contributed by atoms with Gasteiger partial charge in [0, 0.05) is 11.8 Å². The number of carbonyl (C=O) groups excluding carboxylic acids is 1. The molecule has 0 unspecified atom stereocenters. The van der Waals surface area contributed by atoms with Crippen LogP contribution in [0.1, 0.15) is 10.5 Å². The van der Waals surface area contributed by atoms with Crippen LogP contribution in [-0.2, 0) is 0 Å². The van der Waals surface area contributed by atoms with E-state index in [1.165, 1.54) is 12.3 Å². The molecule has 0 aliphatic carbocycles. The number of aromatic nitrogens is 3. The molecule has 1 heterocycles. The lowest BCUT2D eigenvalue weighted by Crippen LogP contribution is -2.12. The largest absolute Gasteiger partial charge is 0.320 e. The van der Waals surface area contributed by atoms with E-state index in [4.69, 9.17) is 0 Å². The second-order valence-corrected chi connectivity index (χ2v) is 2.94. The van der Waals surface area contributed by atoms with Crippen molar-refractivity contribution >= 4 is 11.6 Å². The van der Waals surface area contributed by atoms with Crippen LogP contribution in [0.15, 0.2) is 24.4 Å². The van der Waals surface area contributed by atoms with Crippen molar-refractivity contribution in [1.82, 2.24) is 15.4 Å². The van der Waals surface area contributed by atoms with Gasteiger partial charge in [-0.2, -0.15) is 15.4 Å². The van der Waals surface area contributed by atoms with Crippen LogP contribution >= 0.6 is 0 Å². The fraction of sp³-hybridized carbons (Fsp3) is 0. The second kappa shape index (κ2) is 4.05. The molecule has 1 amide bonds. The van der Waals surface area contributed by atoms with E-state index in [2.05, 4.69) is 20.7 Å². The first-order valence-corrected chi connectivity index (χ1v) is 4.29. The summed E-state index contributed by atoms with van der Waals surface area (Å²) in [6.45, 7) is 0. The fourth-order valence-electron chi connectivity index (χ4n) is 1.08. The molecule has 2 aromatic rings. The molecule has 0 saturated heterocycles. The van der Waals surface area contributed by atoms with Gasteiger partial charge in [-0.05, 0) is 12.1 Å². The average Bonchev–Trinajstić information content (AvgIpc) is 2.77. The lowest BCUT2D eigenvalue weighted by molar-refractivity contribution is 0.102. The first kappa shape index (κ1) is 10.2. The Labute approximate surface area is 88.5 Å². The number of hydrogen-bond acceptors (Lipinski definition) is 3. The van der Waals surface area contributed by atoms with E-state index in [1.54, 1.807) is 0 Å². The van der Waals surface area contributed by atoms with Crippen molar-refractivity contribution in [3.05, 3.63) is 41.7 Å². The number of halogens is 2. The van der Waals surface area contributed by atoms with Gasteiger partial charge in [-0.25, -0.2) is 8.78 Å². The molecule has 1 aromatic heterocycles. The van der Waals surface area contributed by atoms with E-state index in [0.717, 1.165) is 12.1 Å². The maximum atomic E-state index is 12.8. The molecule has 7 heteroatoms. The summed E-state index contributed by atoms with van der Waals surface area (Å²) in [5.74, 6) is -2.56. The van der Waals surface area contributed by atoms with Crippen molar-refractivity contribution < 1.29 is 13.6 Å². The summed E-state index contributed by atoms with van der Waals surface area (Å²) in [7, 11) is 0. The van der Waals surface area contributed by atoms with Crippen LogP contribution in [0.4, 0.5) is 14.5 Å². The predicted molar refractivity (Wildman–Crippen MR) is 50.7 cm³/mol. The van der Waals surface area contributed by atoms with Gasteiger partial charge in [0.2, 0.25) is 0 Å². The van der Waals surface area contributed by atoms with E-state index >= 15 is 0 Å². The van der Waals surface area contributed by atoms with Gasteiger partial charge in [-0.3, -0.25) is 4.79 Å². The Balaban J connectivity index is 2.15. The summed E-state index contributed by atoms with van der Waals surface area (Å²) in [4.78, 5) is 11.4. The van der Waals surface area contributed by atoms with Crippen molar-refractivity contribution in [2.75, 3.05) is 5.32 Å². The molecule has 0 radical (unpaired) electrons. The molecule has 5 nitrogen and oxygen atoms in total. The van der Waals surface area contributed by atoms with Gasteiger partial charge in [0.1, 0.15) is 0 Å². The standard InChI is InChI=1S/C9H6F2N4O/c10-6-2-1-5(3-7(6)11)13-9(16)8-4-12-15-14-8/h1-4H,(H,13,16)(H,12,14,15). The van der Waals surface area contributed by atoms with Crippen LogP contribution in [0.5, 0.6) is 0 Å². The van der Waals surface area contributed by atoms with Gasteiger partial charge >= 0.3 is 0 Å². The third-order valence-electron chi connectivity index (χ3n) is 1.83. The molecule has 0 aliphatic rings. The molecular formula is C9H6F2N4O. The summed E-state index contributed by atoms with van der Waals surface area (Å²) in [6, 6.07) is 3.05. The van der Waals surface area contributed by atoms with Gasteiger partial charge in [-0.15, -0.1) is 0 Å². The maximum Gasteiger partial charge on any atom is 0.277 e. The van der Waals surface area contributed by atoms with E-state index in [1.807, 2.05) is 0 Å². The van der Waals surface area contributed by atoms with Crippen LogP contribution in [-0.4, -0.2) is 21.3 Å². The molecule has 2 N–H and O–H groups in total. The van der Waals surface area contributed by atoms with Crippen molar-refractivity contribution in [3.8, 4) is 0 Å². The van der Waals surface area contributed by atoms with Gasteiger partial charge in [0.05, 0.1) is 6.20 Å². The summed E-state index contributed by atoms with van der Waals surface area (Å²) in [5.41, 5.74) is 0.205. The highest BCUT2D eigenvalue weighted by Crippen LogP contribution is 2.13. The number of amides is 1. The first-order valence-electron chi connectivity index (χ1n) is 4.29. The normalized spacial score (nSPS) is 10.1. The molecule has 0 spiro atoms. The Morgan fingerprint density at radius 3 is 2.75 bits per heavy atom. The zero-order valence-corrected chi connectivity index (χ0v) is 7.87. The molecule has 82 valence electrons. The Bertz CT molecular complexity index is 512. The van der Waals surface area contributed by atoms with Gasteiger partial charge in [0.15, 0.2) is 17.3 Å². The number of nitrogens with zero attached hydrogens (tertiary/aromatic N) is 2. The quantitative estimate of drug-likeness (QED) is 0.808. The molecular weight excluding hydrogens is 218 g/mol. The van der Waals surface area contributed by atoms with Gasteiger partial charge in [-0.1, -0.05) is 0 Å². The molecule has 0 atom stereocenters. The fourth-order valence-corrected chi connectivity index (χ4v) is 1.08. The highest BCUT2D eigenvalue weighted by atomic mass is 19.2. The maximum absolute atomic E-state index is 12.8. The first-order chi connectivity index (χ1) is 7.66. The molecule has 1 aromatic carbocycles. The minimum atomic E-state index is -1.03. The molecule has 0 aliphatic heterocycles. The summed E-state index contributed by atoms with van der Waals surface area (Å²) < 4.78 is 25.4. The number of rotatable bonds is 2. The van der Waals surface area contributed by atoms with Crippen molar-refractivity contribution in [2.24, 2.45) is 0 Å². The lowest BCUT2D eigenvalue weighted by atomic mass is 10.3. The summed E-state index contributed by atoms with van der Waals surface area (Å²) >= 11 is 0. The third-order valence-corrected chi connectivity index (χ3v) is 1.83. The number of carbonyl (C=O) groups is 1. The van der Waals surface area contributed by atoms with Crippen molar-refractivity contribution in [2.45, 2.75) is 0 Å². The second-order valence-electron chi connectivity index (χ2n) is 2.94. The molecule has 2 rings (SSSR count). The van der Waals surface area contributed by atoms with E-state index in [0.29, 0.717) is 0 Å². The number of nitrogens with one attached hydrogen (secondary N) is 2. The number of aromatic amines is 1. The Morgan fingerprint density at radius 1 is 1.31 bits per heavy atom. The highest BCUT2D eigenvalue weighted by molar-refractivity contribution is 6.02. The smallest absolute Gasteiger partial charge is 0.277 e. The minimum absolute atomic E-state index is 0.0599. The molecule has 16 heavy (non-hydrogen) atoms. The Kier molecular flexibility index (Phi) is 2.59. The molecule has 0 fully saturated rings. The number of H-pyrrole nitrogens is 1. The van der Waals surface area contributed by atoms with Crippen LogP contribution in [0.25, 0.3) is 0 Å². The average molecular weight is 224 g/mol. The summed E-state index contributed by atoms with van der Waals surface area (Å²) in [5, 5.41) is 11.6. The predicted octanol–water partition coefficient (Wildman–Crippen LogP) is 1.34. The van der Waals surface area contributed by atoms with Crippen LogP contribution in [0.2, 0.25) is 0 Å². The monoisotopic (exact) mass is 224 g/mol. The lowest BCUT2D eigenvalue weighted by Gasteiger charge is -2.02. The Morgan fingerprint density at radius 2 is 2.12 bits per heavy atom. The topological polar surface area (TPSA) is 70.7 Å². The number of hydrogen-bond donors (Lipinski definition) is 2. The highest BCUT2D eigenvalue weighted by Gasteiger charge is 2.10. The SMILES string of the molecule is O=C(Nc1ccc(F)c(F)c1)c1cn[nH]n1. The molecule has 0 saturated carbocycles. The van der Waals surface area contributed by atoms with E-state index in [9.17, 15) is 13.6 Å². The molecule has 0 bridgehead atoms. The summed E-state index contributed by atoms with van der Waals surface area (Å²) in [6.07, 6.45) is 1.22. The number of anilines is 1. The van der Waals surface area contributed by atoms with Crippen molar-refractivity contribution in [3.63, 3.8) is 0 Å². The van der Waals surface area contributed by atoms with Gasteiger partial charge < -0.3 is 5.32 Å². The van der Waals surface area contributed by atoms with Gasteiger partial charge in [0.25, 0.3) is 5.91 Å². The third kappa shape index (κ3) is 2.02. The zero-order valence-electron chi connectivity index (χ0n) is 7.87. The minimum Gasteiger partial charge on any atom is -0.320 e. The van der Waals surface area contributed by atoms with Crippen LogP contribution in [0.3, 0.4) is 0 Å². The van der Waals surface area contributed by atoms with E-state index < -0.39 is 17.5 Å².